The summed E-state index contributed by atoms with van der Waals surface area (Å²) in [7, 11) is 0. The predicted octanol–water partition coefficient (Wildman–Crippen LogP) is 2.34. The summed E-state index contributed by atoms with van der Waals surface area (Å²) in [5, 5.41) is 0. The number of hydrogen-bond acceptors (Lipinski definition) is 2. The average Bonchev–Trinajstić information content (AvgIpc) is 2.03. The topological polar surface area (TPSA) is 26.3 Å². The van der Waals surface area contributed by atoms with Gasteiger partial charge in [-0.2, -0.15) is 0 Å². The van der Waals surface area contributed by atoms with Gasteiger partial charge in [0.15, 0.2) is 0 Å². The van der Waals surface area contributed by atoms with Gasteiger partial charge in [0.25, 0.3) is 0 Å². The van der Waals surface area contributed by atoms with E-state index in [0.717, 1.165) is 11.1 Å². The molecule has 2 heteroatoms. The zero-order valence-electron chi connectivity index (χ0n) is 7.39. The van der Waals surface area contributed by atoms with E-state index < -0.39 is 0 Å². The maximum Gasteiger partial charge on any atom is 0.315 e. The molecule has 64 valence electrons. The summed E-state index contributed by atoms with van der Waals surface area (Å²) < 4.78 is 4.88. The molecule has 0 radical (unpaired) electrons. The molecule has 12 heavy (non-hydrogen) atoms. The third kappa shape index (κ3) is 1.47. The highest BCUT2D eigenvalue weighted by Gasteiger charge is 2.21. The van der Waals surface area contributed by atoms with Crippen LogP contribution in [-0.2, 0) is 9.53 Å². The van der Waals surface area contributed by atoms with E-state index in [2.05, 4.69) is 6.58 Å². The minimum atomic E-state index is -0.223. The fraction of sp³-hybridized carbons (Fsp3) is 0.300. The van der Waals surface area contributed by atoms with Crippen LogP contribution in [0.1, 0.15) is 20.3 Å². The van der Waals surface area contributed by atoms with Gasteiger partial charge in [-0.3, -0.25) is 4.79 Å². The fourth-order valence-electron chi connectivity index (χ4n) is 1.26. The van der Waals surface area contributed by atoms with E-state index in [9.17, 15) is 4.79 Å². The Labute approximate surface area is 72.2 Å². The maximum absolute atomic E-state index is 11.0. The fourth-order valence-corrected chi connectivity index (χ4v) is 1.26. The van der Waals surface area contributed by atoms with E-state index in [-0.39, 0.29) is 5.97 Å². The average molecular weight is 164 g/mol. The first kappa shape index (κ1) is 8.78. The van der Waals surface area contributed by atoms with Crippen LogP contribution in [0.4, 0.5) is 0 Å². The van der Waals surface area contributed by atoms with Gasteiger partial charge in [0.2, 0.25) is 0 Å². The first-order valence-electron chi connectivity index (χ1n) is 3.91. The molecular weight excluding hydrogens is 152 g/mol. The Bertz CT molecular complexity index is 282. The van der Waals surface area contributed by atoms with Crippen molar-refractivity contribution in [1.29, 1.82) is 0 Å². The van der Waals surface area contributed by atoms with Crippen molar-refractivity contribution in [2.45, 2.75) is 20.3 Å². The zero-order chi connectivity index (χ0) is 9.14. The molecule has 0 atom stereocenters. The van der Waals surface area contributed by atoms with Gasteiger partial charge in [0, 0.05) is 5.57 Å². The molecule has 0 saturated carbocycles. The normalized spacial score (nSPS) is 24.8. The van der Waals surface area contributed by atoms with Crippen LogP contribution in [0.3, 0.4) is 0 Å². The lowest BCUT2D eigenvalue weighted by Crippen LogP contribution is -2.14. The molecule has 0 N–H and O–H groups in total. The smallest absolute Gasteiger partial charge is 0.315 e. The summed E-state index contributed by atoms with van der Waals surface area (Å²) >= 11 is 0. The van der Waals surface area contributed by atoms with Gasteiger partial charge in [-0.1, -0.05) is 18.7 Å². The third-order valence-corrected chi connectivity index (χ3v) is 1.86. The Hall–Kier alpha value is -1.31. The van der Waals surface area contributed by atoms with Crippen LogP contribution in [0, 0.1) is 0 Å². The molecule has 1 rings (SSSR count). The molecule has 0 aliphatic carbocycles. The molecule has 0 aromatic heterocycles. The van der Waals surface area contributed by atoms with Crippen LogP contribution < -0.4 is 0 Å². The molecule has 1 aliphatic rings. The molecule has 0 bridgehead atoms. The standard InChI is InChI=1S/C10H12O2/c1-4-8-6-10(11)12-7(3)9(8)5-2/h4-5H,3,6H2,1-2H3/b8-4-,9-5-. The molecule has 2 nitrogen and oxygen atoms in total. The monoisotopic (exact) mass is 164 g/mol. The Kier molecular flexibility index (Phi) is 2.48. The molecule has 0 aromatic rings. The van der Waals surface area contributed by atoms with E-state index in [1.54, 1.807) is 0 Å². The third-order valence-electron chi connectivity index (χ3n) is 1.86. The van der Waals surface area contributed by atoms with Gasteiger partial charge < -0.3 is 4.74 Å². The van der Waals surface area contributed by atoms with Crippen LogP contribution in [0.2, 0.25) is 0 Å². The van der Waals surface area contributed by atoms with Crippen LogP contribution in [0.5, 0.6) is 0 Å². The quantitative estimate of drug-likeness (QED) is 0.514. The van der Waals surface area contributed by atoms with Crippen molar-refractivity contribution in [3.8, 4) is 0 Å². The molecule has 0 amide bonds. The van der Waals surface area contributed by atoms with Gasteiger partial charge in [0.1, 0.15) is 5.76 Å². The van der Waals surface area contributed by atoms with Crippen molar-refractivity contribution < 1.29 is 9.53 Å². The SMILES string of the molecule is C=C1OC(=O)CC(=C/C)/C1=C\C. The number of esters is 1. The minimum Gasteiger partial charge on any atom is -0.426 e. The van der Waals surface area contributed by atoms with Gasteiger partial charge in [-0.25, -0.2) is 0 Å². The summed E-state index contributed by atoms with van der Waals surface area (Å²) in [6.45, 7) is 7.48. The summed E-state index contributed by atoms with van der Waals surface area (Å²) in [5.74, 6) is 0.237. The van der Waals surface area contributed by atoms with Gasteiger partial charge in [-0.05, 0) is 19.4 Å². The van der Waals surface area contributed by atoms with Crippen molar-refractivity contribution in [2.75, 3.05) is 0 Å². The lowest BCUT2D eigenvalue weighted by molar-refractivity contribution is -0.139. The number of hydrogen-bond donors (Lipinski definition) is 0. The number of carbonyl (C=O) groups is 1. The highest BCUT2D eigenvalue weighted by atomic mass is 16.5. The molecule has 0 aromatic carbocycles. The molecule has 0 spiro atoms. The van der Waals surface area contributed by atoms with E-state index in [1.807, 2.05) is 26.0 Å². The first-order valence-corrected chi connectivity index (χ1v) is 3.91. The number of allylic oxidation sites excluding steroid dienone is 3. The molecule has 1 fully saturated rings. The molecule has 1 heterocycles. The summed E-state index contributed by atoms with van der Waals surface area (Å²) in [6.07, 6.45) is 4.18. The van der Waals surface area contributed by atoms with Crippen molar-refractivity contribution in [3.05, 3.63) is 35.6 Å². The predicted molar refractivity (Wildman–Crippen MR) is 47.4 cm³/mol. The van der Waals surface area contributed by atoms with Gasteiger partial charge in [0.05, 0.1) is 6.42 Å². The summed E-state index contributed by atoms with van der Waals surface area (Å²) in [5.41, 5.74) is 1.94. The van der Waals surface area contributed by atoms with E-state index in [1.165, 1.54) is 0 Å². The van der Waals surface area contributed by atoms with Crippen LogP contribution in [0.25, 0.3) is 0 Å². The molecule has 0 unspecified atom stereocenters. The molecule has 1 aliphatic heterocycles. The van der Waals surface area contributed by atoms with Crippen LogP contribution in [-0.4, -0.2) is 5.97 Å². The van der Waals surface area contributed by atoms with Crippen LogP contribution >= 0.6 is 0 Å². The van der Waals surface area contributed by atoms with Gasteiger partial charge >= 0.3 is 5.97 Å². The molecule has 1 saturated heterocycles. The van der Waals surface area contributed by atoms with Crippen LogP contribution in [0.15, 0.2) is 35.6 Å². The second kappa shape index (κ2) is 3.39. The lowest BCUT2D eigenvalue weighted by atomic mass is 9.99. The first-order chi connectivity index (χ1) is 5.69. The summed E-state index contributed by atoms with van der Waals surface area (Å²) in [4.78, 5) is 11.0. The van der Waals surface area contributed by atoms with E-state index in [0.29, 0.717) is 12.2 Å². The number of carbonyl (C=O) groups excluding carboxylic acids is 1. The van der Waals surface area contributed by atoms with Crippen molar-refractivity contribution >= 4 is 5.97 Å². The van der Waals surface area contributed by atoms with E-state index >= 15 is 0 Å². The second-order valence-electron chi connectivity index (χ2n) is 2.59. The number of cyclic esters (lactones) is 1. The number of rotatable bonds is 0. The highest BCUT2D eigenvalue weighted by molar-refractivity contribution is 5.79. The van der Waals surface area contributed by atoms with Crippen molar-refractivity contribution in [2.24, 2.45) is 0 Å². The maximum atomic E-state index is 11.0. The Morgan fingerprint density at radius 2 is 2.08 bits per heavy atom. The Morgan fingerprint density at radius 1 is 1.42 bits per heavy atom. The van der Waals surface area contributed by atoms with Crippen molar-refractivity contribution in [3.63, 3.8) is 0 Å². The second-order valence-corrected chi connectivity index (χ2v) is 2.59. The Morgan fingerprint density at radius 3 is 2.58 bits per heavy atom. The Balaban J connectivity index is 3.01. The largest absolute Gasteiger partial charge is 0.426 e. The lowest BCUT2D eigenvalue weighted by Gasteiger charge is -2.19. The number of ether oxygens (including phenoxy) is 1. The minimum absolute atomic E-state index is 0.223. The van der Waals surface area contributed by atoms with Gasteiger partial charge in [-0.15, -0.1) is 0 Å². The highest BCUT2D eigenvalue weighted by Crippen LogP contribution is 2.27. The summed E-state index contributed by atoms with van der Waals surface area (Å²) in [6, 6.07) is 0. The van der Waals surface area contributed by atoms with Crippen molar-refractivity contribution in [1.82, 2.24) is 0 Å². The zero-order valence-corrected chi connectivity index (χ0v) is 7.39. The van der Waals surface area contributed by atoms with E-state index in [4.69, 9.17) is 4.74 Å². The molecular formula is C10H12O2.